The maximum Gasteiger partial charge on any atom is 0.353 e. The van der Waals surface area contributed by atoms with E-state index in [0.29, 0.717) is 5.69 Å². The molecule has 5 nitrogen and oxygen atoms in total. The molecule has 2 N–H and O–H groups in total. The molecule has 2 aromatic heterocycles. The van der Waals surface area contributed by atoms with Gasteiger partial charge < -0.3 is 9.67 Å². The Bertz CT molecular complexity index is 471. The summed E-state index contributed by atoms with van der Waals surface area (Å²) in [5.41, 5.74) is 1.62. The van der Waals surface area contributed by atoms with Crippen LogP contribution in [0.25, 0.3) is 11.4 Å². The van der Waals surface area contributed by atoms with Gasteiger partial charge in [-0.05, 0) is 12.1 Å². The maximum atomic E-state index is 10.6. The zero-order chi connectivity index (χ0) is 12.1. The third kappa shape index (κ3) is 2.31. The van der Waals surface area contributed by atoms with Crippen molar-refractivity contribution in [2.24, 2.45) is 7.05 Å². The van der Waals surface area contributed by atoms with E-state index >= 15 is 0 Å². The summed E-state index contributed by atoms with van der Waals surface area (Å²) in [5.74, 6) is -1.00. The highest BCUT2D eigenvalue weighted by Gasteiger charge is 2.10. The second-order valence-electron chi connectivity index (χ2n) is 2.98. The van der Waals surface area contributed by atoms with Crippen molar-refractivity contribution < 1.29 is 9.90 Å². The molecule has 0 aliphatic rings. The molecule has 0 aliphatic carbocycles. The molecule has 0 aliphatic heterocycles. The highest BCUT2D eigenvalue weighted by atomic mass is 16.4. The lowest BCUT2D eigenvalue weighted by atomic mass is 10.3. The number of nitrogens with zero attached hydrogens (tertiary/aromatic N) is 2. The minimum absolute atomic E-state index is 0.0983. The third-order valence-corrected chi connectivity index (χ3v) is 2.01. The van der Waals surface area contributed by atoms with Crippen molar-refractivity contribution in [2.45, 2.75) is 13.8 Å². The van der Waals surface area contributed by atoms with Gasteiger partial charge in [0.2, 0.25) is 0 Å². The lowest BCUT2D eigenvalue weighted by molar-refractivity contribution is 0.0690. The van der Waals surface area contributed by atoms with Gasteiger partial charge in [0.05, 0.1) is 5.69 Å². The second kappa shape index (κ2) is 5.16. The molecule has 0 saturated heterocycles. The van der Waals surface area contributed by atoms with Crippen LogP contribution in [0.15, 0.2) is 24.4 Å². The molecule has 0 radical (unpaired) electrons. The van der Waals surface area contributed by atoms with Crippen LogP contribution in [-0.2, 0) is 7.05 Å². The van der Waals surface area contributed by atoms with Crippen molar-refractivity contribution in [2.75, 3.05) is 0 Å². The molecule has 0 fully saturated rings. The monoisotopic (exact) mass is 221 g/mol. The smallest absolute Gasteiger partial charge is 0.353 e. The average molecular weight is 221 g/mol. The zero-order valence-corrected chi connectivity index (χ0v) is 9.56. The third-order valence-electron chi connectivity index (χ3n) is 2.01. The van der Waals surface area contributed by atoms with Crippen LogP contribution >= 0.6 is 0 Å². The number of aromatic amines is 1. The van der Waals surface area contributed by atoms with E-state index in [1.54, 1.807) is 0 Å². The average Bonchev–Trinajstić information content (AvgIpc) is 2.88. The Labute approximate surface area is 93.7 Å². The largest absolute Gasteiger partial charge is 0.477 e. The Kier molecular flexibility index (Phi) is 3.88. The molecule has 0 bridgehead atoms. The van der Waals surface area contributed by atoms with Crippen molar-refractivity contribution >= 4 is 5.97 Å². The lowest BCUT2D eigenvalue weighted by Crippen LogP contribution is -1.95. The van der Waals surface area contributed by atoms with Crippen molar-refractivity contribution in [1.29, 1.82) is 0 Å². The number of hydrogen-bond acceptors (Lipinski definition) is 2. The van der Waals surface area contributed by atoms with Crippen LogP contribution in [-0.4, -0.2) is 25.8 Å². The Morgan fingerprint density at radius 1 is 1.50 bits per heavy atom. The van der Waals surface area contributed by atoms with Gasteiger partial charge in [0, 0.05) is 19.3 Å². The first-order valence-electron chi connectivity index (χ1n) is 5.09. The Hall–Kier alpha value is -2.04. The molecule has 16 heavy (non-hydrogen) atoms. The summed E-state index contributed by atoms with van der Waals surface area (Å²) in [6.45, 7) is 4.00. The SMILES string of the molecule is CC.Cn1cccc1-c1cc(C(=O)O)[nH]n1. The van der Waals surface area contributed by atoms with Crippen molar-refractivity contribution in [1.82, 2.24) is 14.8 Å². The summed E-state index contributed by atoms with van der Waals surface area (Å²) < 4.78 is 1.88. The molecule has 0 aromatic carbocycles. The number of nitrogens with one attached hydrogen (secondary N) is 1. The number of aromatic nitrogens is 3. The van der Waals surface area contributed by atoms with Gasteiger partial charge in [0.25, 0.3) is 0 Å². The van der Waals surface area contributed by atoms with Gasteiger partial charge in [-0.25, -0.2) is 4.79 Å². The van der Waals surface area contributed by atoms with Crippen molar-refractivity contribution in [3.8, 4) is 11.4 Å². The van der Waals surface area contributed by atoms with Crippen LogP contribution in [0.1, 0.15) is 24.3 Å². The molecule has 0 unspecified atom stereocenters. The predicted octanol–water partition coefficient (Wildman–Crippen LogP) is 2.14. The Morgan fingerprint density at radius 2 is 2.19 bits per heavy atom. The molecule has 0 spiro atoms. The minimum atomic E-state index is -1.00. The molecule has 86 valence electrons. The second-order valence-corrected chi connectivity index (χ2v) is 2.98. The normalized spacial score (nSPS) is 9.44. The fourth-order valence-corrected chi connectivity index (χ4v) is 1.29. The fourth-order valence-electron chi connectivity index (χ4n) is 1.29. The molecule has 0 atom stereocenters. The van der Waals surface area contributed by atoms with Crippen LogP contribution in [0.5, 0.6) is 0 Å². The number of carboxylic acids is 1. The zero-order valence-electron chi connectivity index (χ0n) is 9.56. The quantitative estimate of drug-likeness (QED) is 0.816. The van der Waals surface area contributed by atoms with Gasteiger partial charge in [-0.15, -0.1) is 0 Å². The lowest BCUT2D eigenvalue weighted by Gasteiger charge is -1.96. The molecule has 5 heteroatoms. The van der Waals surface area contributed by atoms with Crippen LogP contribution in [0.3, 0.4) is 0 Å². The Balaban J connectivity index is 0.000000606. The maximum absolute atomic E-state index is 10.6. The van der Waals surface area contributed by atoms with Gasteiger partial charge in [-0.1, -0.05) is 13.8 Å². The number of carbonyl (C=O) groups is 1. The van der Waals surface area contributed by atoms with E-state index in [1.165, 1.54) is 6.07 Å². The first-order chi connectivity index (χ1) is 7.68. The number of H-pyrrole nitrogens is 1. The van der Waals surface area contributed by atoms with E-state index in [2.05, 4.69) is 10.2 Å². The number of aromatic carboxylic acids is 1. The van der Waals surface area contributed by atoms with Crippen LogP contribution in [0.4, 0.5) is 0 Å². The fraction of sp³-hybridized carbons (Fsp3) is 0.273. The molecule has 0 saturated carbocycles. The number of hydrogen-bond donors (Lipinski definition) is 2. The summed E-state index contributed by atoms with van der Waals surface area (Å²) in [6, 6.07) is 5.27. The van der Waals surface area contributed by atoms with Gasteiger partial charge >= 0.3 is 5.97 Å². The van der Waals surface area contributed by atoms with E-state index in [4.69, 9.17) is 5.11 Å². The summed E-state index contributed by atoms with van der Waals surface area (Å²) in [6.07, 6.45) is 1.88. The van der Waals surface area contributed by atoms with Crippen molar-refractivity contribution in [3.05, 3.63) is 30.1 Å². The first kappa shape index (κ1) is 12.0. The summed E-state index contributed by atoms with van der Waals surface area (Å²) in [7, 11) is 1.88. The van der Waals surface area contributed by atoms with E-state index in [1.807, 2.05) is 43.8 Å². The van der Waals surface area contributed by atoms with E-state index < -0.39 is 5.97 Å². The van der Waals surface area contributed by atoms with E-state index in [9.17, 15) is 4.79 Å². The molecule has 2 rings (SSSR count). The number of rotatable bonds is 2. The van der Waals surface area contributed by atoms with Crippen LogP contribution < -0.4 is 0 Å². The molecule has 0 amide bonds. The molecule has 2 aromatic rings. The highest BCUT2D eigenvalue weighted by Crippen LogP contribution is 2.17. The van der Waals surface area contributed by atoms with Gasteiger partial charge in [-0.3, -0.25) is 5.10 Å². The van der Waals surface area contributed by atoms with Gasteiger partial charge in [-0.2, -0.15) is 5.10 Å². The minimum Gasteiger partial charge on any atom is -0.477 e. The summed E-state index contributed by atoms with van der Waals surface area (Å²) >= 11 is 0. The van der Waals surface area contributed by atoms with E-state index in [-0.39, 0.29) is 5.69 Å². The number of carboxylic acid groups (broad SMARTS) is 1. The van der Waals surface area contributed by atoms with E-state index in [0.717, 1.165) is 5.69 Å². The molecule has 2 heterocycles. The van der Waals surface area contributed by atoms with Crippen molar-refractivity contribution in [3.63, 3.8) is 0 Å². The summed E-state index contributed by atoms with van der Waals surface area (Å²) in [5, 5.41) is 15.1. The molecular formula is C11H15N3O2. The first-order valence-corrected chi connectivity index (χ1v) is 5.09. The summed E-state index contributed by atoms with van der Waals surface area (Å²) in [4.78, 5) is 10.6. The predicted molar refractivity (Wildman–Crippen MR) is 61.3 cm³/mol. The van der Waals surface area contributed by atoms with Gasteiger partial charge in [0.15, 0.2) is 0 Å². The molecular weight excluding hydrogens is 206 g/mol. The topological polar surface area (TPSA) is 70.9 Å². The van der Waals surface area contributed by atoms with Gasteiger partial charge in [0.1, 0.15) is 11.4 Å². The standard InChI is InChI=1S/C9H9N3O2.C2H6/c1-12-4-2-3-8(12)6-5-7(9(13)14)11-10-6;1-2/h2-5H,1H3,(H,10,11)(H,13,14);1-2H3. The number of aryl methyl sites for hydroxylation is 1. The Morgan fingerprint density at radius 3 is 2.62 bits per heavy atom. The highest BCUT2D eigenvalue weighted by molar-refractivity contribution is 5.86. The van der Waals surface area contributed by atoms with Crippen LogP contribution in [0.2, 0.25) is 0 Å². The van der Waals surface area contributed by atoms with Crippen LogP contribution in [0, 0.1) is 0 Å².